The van der Waals surface area contributed by atoms with Crippen molar-refractivity contribution in [2.45, 2.75) is 33.7 Å². The van der Waals surface area contributed by atoms with Crippen LogP contribution < -0.4 is 0 Å². The van der Waals surface area contributed by atoms with E-state index >= 15 is 0 Å². The molecule has 1 heteroatoms. The fraction of sp³-hybridized carbons (Fsp3) is 0.538. The Hall–Kier alpha value is -0.820. The van der Waals surface area contributed by atoms with Gasteiger partial charge in [0, 0.05) is 6.04 Å². The van der Waals surface area contributed by atoms with Crippen molar-refractivity contribution in [1.82, 2.24) is 4.90 Å². The molecule has 0 bridgehead atoms. The van der Waals surface area contributed by atoms with E-state index in [1.54, 1.807) is 0 Å². The van der Waals surface area contributed by atoms with E-state index < -0.39 is 0 Å². The summed E-state index contributed by atoms with van der Waals surface area (Å²) < 4.78 is 0. The highest BCUT2D eigenvalue weighted by molar-refractivity contribution is 5.39. The molecule has 1 nitrogen and oxygen atoms in total. The molecule has 78 valence electrons. The summed E-state index contributed by atoms with van der Waals surface area (Å²) in [7, 11) is 4.26. The van der Waals surface area contributed by atoms with E-state index in [1.807, 2.05) is 0 Å². The average Bonchev–Trinajstić information content (AvgIpc) is 2.01. The smallest absolute Gasteiger partial charge is 0.0319 e. The molecule has 0 heterocycles. The van der Waals surface area contributed by atoms with E-state index in [1.165, 1.54) is 22.3 Å². The molecule has 0 amide bonds. The maximum absolute atomic E-state index is 2.27. The van der Waals surface area contributed by atoms with E-state index in [2.05, 4.69) is 58.8 Å². The predicted molar refractivity (Wildman–Crippen MR) is 62.8 cm³/mol. The van der Waals surface area contributed by atoms with Gasteiger partial charge in [-0.3, -0.25) is 0 Å². The molecule has 0 aromatic heterocycles. The van der Waals surface area contributed by atoms with Crippen LogP contribution in [0.3, 0.4) is 0 Å². The molecule has 1 atom stereocenters. The van der Waals surface area contributed by atoms with E-state index in [-0.39, 0.29) is 0 Å². The fourth-order valence-electron chi connectivity index (χ4n) is 2.11. The summed E-state index contributed by atoms with van der Waals surface area (Å²) in [5, 5.41) is 0. The Morgan fingerprint density at radius 2 is 1.43 bits per heavy atom. The van der Waals surface area contributed by atoms with Crippen molar-refractivity contribution in [2.24, 2.45) is 0 Å². The first kappa shape index (κ1) is 11.3. The van der Waals surface area contributed by atoms with Gasteiger partial charge in [-0.25, -0.2) is 0 Å². The van der Waals surface area contributed by atoms with Crippen LogP contribution in [0.4, 0.5) is 0 Å². The molecule has 0 radical (unpaired) electrons. The SMILES string of the molecule is Cc1cc(C)c([C@@H](C)N(C)C)c(C)c1. The van der Waals surface area contributed by atoms with Crippen LogP contribution in [0.1, 0.15) is 35.2 Å². The number of hydrogen-bond acceptors (Lipinski definition) is 1. The Labute approximate surface area is 87.7 Å². The highest BCUT2D eigenvalue weighted by atomic mass is 15.1. The largest absolute Gasteiger partial charge is 0.303 e. The van der Waals surface area contributed by atoms with E-state index in [0.29, 0.717) is 6.04 Å². The van der Waals surface area contributed by atoms with E-state index in [0.717, 1.165) is 0 Å². The van der Waals surface area contributed by atoms with Gasteiger partial charge in [-0.1, -0.05) is 17.7 Å². The van der Waals surface area contributed by atoms with Crippen LogP contribution in [-0.4, -0.2) is 19.0 Å². The van der Waals surface area contributed by atoms with E-state index in [4.69, 9.17) is 0 Å². The summed E-state index contributed by atoms with van der Waals surface area (Å²) in [6.07, 6.45) is 0. The Bertz CT molecular complexity index is 303. The van der Waals surface area contributed by atoms with Crippen LogP contribution in [-0.2, 0) is 0 Å². The third-order valence-electron chi connectivity index (χ3n) is 2.93. The van der Waals surface area contributed by atoms with Gasteiger partial charge in [-0.05, 0) is 58.5 Å². The molecule has 1 aromatic carbocycles. The lowest BCUT2D eigenvalue weighted by molar-refractivity contribution is 0.319. The van der Waals surface area contributed by atoms with Crippen molar-refractivity contribution >= 4 is 0 Å². The number of nitrogens with zero attached hydrogens (tertiary/aromatic N) is 1. The van der Waals surface area contributed by atoms with Crippen LogP contribution in [0.2, 0.25) is 0 Å². The lowest BCUT2D eigenvalue weighted by atomic mass is 9.94. The summed E-state index contributed by atoms with van der Waals surface area (Å²) in [6.45, 7) is 8.82. The fourth-order valence-corrected chi connectivity index (χ4v) is 2.11. The van der Waals surface area contributed by atoms with Gasteiger partial charge in [0.15, 0.2) is 0 Å². The highest BCUT2D eigenvalue weighted by Crippen LogP contribution is 2.25. The van der Waals surface area contributed by atoms with E-state index in [9.17, 15) is 0 Å². The zero-order valence-electron chi connectivity index (χ0n) is 10.2. The van der Waals surface area contributed by atoms with Gasteiger partial charge in [0.25, 0.3) is 0 Å². The van der Waals surface area contributed by atoms with Crippen LogP contribution in [0.25, 0.3) is 0 Å². The van der Waals surface area contributed by atoms with Gasteiger partial charge in [-0.2, -0.15) is 0 Å². The van der Waals surface area contributed by atoms with Crippen molar-refractivity contribution in [3.63, 3.8) is 0 Å². The van der Waals surface area contributed by atoms with Crippen LogP contribution in [0, 0.1) is 20.8 Å². The molecule has 0 aliphatic rings. The van der Waals surface area contributed by atoms with Gasteiger partial charge in [0.2, 0.25) is 0 Å². The standard InChI is InChI=1S/C13H21N/c1-9-7-10(2)13(11(3)8-9)12(4)14(5)6/h7-8,12H,1-6H3/t12-/m1/s1. The Balaban J connectivity index is 3.20. The first-order chi connectivity index (χ1) is 6.43. The molecule has 0 aliphatic heterocycles. The van der Waals surface area contributed by atoms with Crippen molar-refractivity contribution in [1.29, 1.82) is 0 Å². The second-order valence-electron chi connectivity index (χ2n) is 4.45. The number of rotatable bonds is 2. The molecule has 14 heavy (non-hydrogen) atoms. The minimum atomic E-state index is 0.496. The van der Waals surface area contributed by atoms with Gasteiger partial charge in [0.05, 0.1) is 0 Å². The second kappa shape index (κ2) is 4.14. The zero-order valence-corrected chi connectivity index (χ0v) is 10.2. The minimum absolute atomic E-state index is 0.496. The molecule has 1 aromatic rings. The van der Waals surface area contributed by atoms with Crippen LogP contribution in [0.15, 0.2) is 12.1 Å². The second-order valence-corrected chi connectivity index (χ2v) is 4.45. The Morgan fingerprint density at radius 1 is 1.00 bits per heavy atom. The van der Waals surface area contributed by atoms with Crippen molar-refractivity contribution in [3.05, 3.63) is 34.4 Å². The number of aryl methyl sites for hydroxylation is 3. The Kier molecular flexibility index (Phi) is 3.33. The minimum Gasteiger partial charge on any atom is -0.303 e. The lowest BCUT2D eigenvalue weighted by Crippen LogP contribution is -2.18. The van der Waals surface area contributed by atoms with Crippen LogP contribution >= 0.6 is 0 Å². The van der Waals surface area contributed by atoms with Gasteiger partial charge >= 0.3 is 0 Å². The molecule has 0 saturated heterocycles. The monoisotopic (exact) mass is 191 g/mol. The summed E-state index contributed by atoms with van der Waals surface area (Å²) in [5.41, 5.74) is 5.64. The molecule has 1 rings (SSSR count). The van der Waals surface area contributed by atoms with Crippen molar-refractivity contribution in [2.75, 3.05) is 14.1 Å². The summed E-state index contributed by atoms with van der Waals surface area (Å²) >= 11 is 0. The molecule has 0 N–H and O–H groups in total. The maximum atomic E-state index is 2.27. The summed E-state index contributed by atoms with van der Waals surface area (Å²) in [5.74, 6) is 0. The zero-order chi connectivity index (χ0) is 10.9. The van der Waals surface area contributed by atoms with Crippen molar-refractivity contribution < 1.29 is 0 Å². The van der Waals surface area contributed by atoms with Crippen LogP contribution in [0.5, 0.6) is 0 Å². The third-order valence-corrected chi connectivity index (χ3v) is 2.93. The first-order valence-corrected chi connectivity index (χ1v) is 5.17. The molecule has 0 spiro atoms. The molecular weight excluding hydrogens is 170 g/mol. The highest BCUT2D eigenvalue weighted by Gasteiger charge is 2.13. The summed E-state index contributed by atoms with van der Waals surface area (Å²) in [4.78, 5) is 2.25. The summed E-state index contributed by atoms with van der Waals surface area (Å²) in [6, 6.07) is 5.03. The lowest BCUT2D eigenvalue weighted by Gasteiger charge is -2.24. The maximum Gasteiger partial charge on any atom is 0.0319 e. The molecule has 0 fully saturated rings. The first-order valence-electron chi connectivity index (χ1n) is 5.17. The molecule has 0 aliphatic carbocycles. The number of hydrogen-bond donors (Lipinski definition) is 0. The molecule has 0 unspecified atom stereocenters. The topological polar surface area (TPSA) is 3.24 Å². The Morgan fingerprint density at radius 3 is 1.79 bits per heavy atom. The quantitative estimate of drug-likeness (QED) is 0.693. The molecular formula is C13H21N. The van der Waals surface area contributed by atoms with Crippen molar-refractivity contribution in [3.8, 4) is 0 Å². The number of benzene rings is 1. The van der Waals surface area contributed by atoms with Gasteiger partial charge < -0.3 is 4.90 Å². The van der Waals surface area contributed by atoms with Gasteiger partial charge in [-0.15, -0.1) is 0 Å². The normalized spacial score (nSPS) is 13.4. The van der Waals surface area contributed by atoms with Gasteiger partial charge in [0.1, 0.15) is 0 Å². The molecule has 0 saturated carbocycles. The third kappa shape index (κ3) is 2.16. The predicted octanol–water partition coefficient (Wildman–Crippen LogP) is 3.23. The average molecular weight is 191 g/mol.